The molecule has 4 atom stereocenters. The van der Waals surface area contributed by atoms with E-state index in [9.17, 15) is 5.11 Å². The Hall–Kier alpha value is -2.04. The molecule has 1 aliphatic rings. The van der Waals surface area contributed by atoms with Crippen molar-refractivity contribution in [2.75, 3.05) is 14.2 Å². The Morgan fingerprint density at radius 3 is 1.92 bits per heavy atom. The van der Waals surface area contributed by atoms with Gasteiger partial charge in [0.2, 0.25) is 0 Å². The van der Waals surface area contributed by atoms with E-state index in [0.29, 0.717) is 0 Å². The second-order valence-corrected chi connectivity index (χ2v) is 6.62. The Morgan fingerprint density at radius 2 is 1.44 bits per heavy atom. The van der Waals surface area contributed by atoms with Crippen molar-refractivity contribution in [1.29, 1.82) is 0 Å². The molecule has 0 radical (unpaired) electrons. The fraction of sp³-hybridized carbons (Fsp3) is 0.429. The highest BCUT2D eigenvalue weighted by Crippen LogP contribution is 2.39. The standard InChI is InChI=1S/C21H27NO3/c1-4-18-20(23)13-19(14-5-9-16(24-2)10-6-14)22-21(18)15-7-11-17(25-3)12-8-15/h5-12,18-23H,4,13H2,1-3H3/t18-,19+,20+,21-/m0/s1. The van der Waals surface area contributed by atoms with Crippen molar-refractivity contribution in [3.05, 3.63) is 59.7 Å². The lowest BCUT2D eigenvalue weighted by molar-refractivity contribution is 0.0290. The van der Waals surface area contributed by atoms with Crippen molar-refractivity contribution >= 4 is 0 Å². The lowest BCUT2D eigenvalue weighted by Gasteiger charge is -2.41. The van der Waals surface area contributed by atoms with Crippen LogP contribution in [0.5, 0.6) is 11.5 Å². The maximum Gasteiger partial charge on any atom is 0.118 e. The van der Waals surface area contributed by atoms with Gasteiger partial charge in [-0.3, -0.25) is 0 Å². The molecule has 1 heterocycles. The van der Waals surface area contributed by atoms with Gasteiger partial charge in [-0.15, -0.1) is 0 Å². The molecule has 0 bridgehead atoms. The van der Waals surface area contributed by atoms with E-state index in [0.717, 1.165) is 24.3 Å². The average molecular weight is 341 g/mol. The van der Waals surface area contributed by atoms with Crippen LogP contribution < -0.4 is 14.8 Å². The average Bonchev–Trinajstić information content (AvgIpc) is 2.67. The van der Waals surface area contributed by atoms with Crippen molar-refractivity contribution in [3.8, 4) is 11.5 Å². The molecule has 0 amide bonds. The Balaban J connectivity index is 1.85. The minimum Gasteiger partial charge on any atom is -0.497 e. The zero-order valence-corrected chi connectivity index (χ0v) is 15.1. The number of methoxy groups -OCH3 is 2. The molecule has 1 aliphatic heterocycles. The molecule has 25 heavy (non-hydrogen) atoms. The molecule has 134 valence electrons. The van der Waals surface area contributed by atoms with Gasteiger partial charge in [-0.1, -0.05) is 31.2 Å². The Labute approximate surface area is 149 Å². The van der Waals surface area contributed by atoms with Crippen LogP contribution in [0.3, 0.4) is 0 Å². The molecule has 0 spiro atoms. The van der Waals surface area contributed by atoms with Crippen molar-refractivity contribution in [2.45, 2.75) is 38.0 Å². The number of piperidine rings is 1. The summed E-state index contributed by atoms with van der Waals surface area (Å²) >= 11 is 0. The molecular weight excluding hydrogens is 314 g/mol. The fourth-order valence-electron chi connectivity index (χ4n) is 3.78. The highest BCUT2D eigenvalue weighted by Gasteiger charge is 2.36. The van der Waals surface area contributed by atoms with Crippen LogP contribution in [0.4, 0.5) is 0 Å². The zero-order chi connectivity index (χ0) is 17.8. The summed E-state index contributed by atoms with van der Waals surface area (Å²) in [7, 11) is 3.34. The molecule has 4 heteroatoms. The van der Waals surface area contributed by atoms with Gasteiger partial charge in [-0.25, -0.2) is 0 Å². The number of hydrogen-bond donors (Lipinski definition) is 2. The third-order valence-electron chi connectivity index (χ3n) is 5.24. The van der Waals surface area contributed by atoms with Gasteiger partial charge < -0.3 is 19.9 Å². The molecule has 1 saturated heterocycles. The highest BCUT2D eigenvalue weighted by atomic mass is 16.5. The molecule has 2 aromatic rings. The number of aliphatic hydroxyl groups excluding tert-OH is 1. The SMILES string of the molecule is CC[C@H]1[C@H](O)C[C@H](c2ccc(OC)cc2)N[C@H]1c1ccc(OC)cc1. The van der Waals surface area contributed by atoms with Crippen molar-refractivity contribution in [2.24, 2.45) is 5.92 Å². The van der Waals surface area contributed by atoms with Gasteiger partial charge in [-0.2, -0.15) is 0 Å². The quantitative estimate of drug-likeness (QED) is 0.867. The molecule has 0 saturated carbocycles. The van der Waals surface area contributed by atoms with Crippen LogP contribution in [0, 0.1) is 5.92 Å². The predicted octanol–water partition coefficient (Wildman–Crippen LogP) is 3.87. The minimum absolute atomic E-state index is 0.117. The lowest BCUT2D eigenvalue weighted by atomic mass is 9.78. The van der Waals surface area contributed by atoms with Gasteiger partial charge >= 0.3 is 0 Å². The third kappa shape index (κ3) is 3.80. The van der Waals surface area contributed by atoms with E-state index in [4.69, 9.17) is 9.47 Å². The summed E-state index contributed by atoms with van der Waals surface area (Å²) < 4.78 is 10.5. The lowest BCUT2D eigenvalue weighted by Crippen LogP contribution is -2.44. The number of hydrogen-bond acceptors (Lipinski definition) is 4. The van der Waals surface area contributed by atoms with Gasteiger partial charge in [-0.05, 0) is 48.2 Å². The van der Waals surface area contributed by atoms with Crippen LogP contribution in [0.15, 0.2) is 48.5 Å². The summed E-state index contributed by atoms with van der Waals surface area (Å²) in [4.78, 5) is 0. The summed E-state index contributed by atoms with van der Waals surface area (Å²) in [5, 5.41) is 14.5. The number of nitrogens with one attached hydrogen (secondary N) is 1. The van der Waals surface area contributed by atoms with Crippen LogP contribution in [0.25, 0.3) is 0 Å². The van der Waals surface area contributed by atoms with Gasteiger partial charge in [0.15, 0.2) is 0 Å². The van der Waals surface area contributed by atoms with E-state index in [1.54, 1.807) is 14.2 Å². The van der Waals surface area contributed by atoms with Crippen molar-refractivity contribution in [3.63, 3.8) is 0 Å². The van der Waals surface area contributed by atoms with Crippen LogP contribution in [-0.4, -0.2) is 25.4 Å². The van der Waals surface area contributed by atoms with Gasteiger partial charge in [0.05, 0.1) is 20.3 Å². The summed E-state index contributed by atoms with van der Waals surface area (Å²) in [6.45, 7) is 2.14. The molecule has 0 aromatic heterocycles. The van der Waals surface area contributed by atoms with Crippen LogP contribution in [0.1, 0.15) is 43.0 Å². The molecule has 0 aliphatic carbocycles. The summed E-state index contributed by atoms with van der Waals surface area (Å²) in [5.74, 6) is 1.89. The summed E-state index contributed by atoms with van der Waals surface area (Å²) in [6.07, 6.45) is 1.32. The second kappa shape index (κ2) is 7.89. The molecule has 0 unspecified atom stereocenters. The van der Waals surface area contributed by atoms with E-state index >= 15 is 0 Å². The second-order valence-electron chi connectivity index (χ2n) is 6.62. The number of aliphatic hydroxyl groups is 1. The van der Waals surface area contributed by atoms with Gasteiger partial charge in [0, 0.05) is 18.0 Å². The van der Waals surface area contributed by atoms with Crippen LogP contribution >= 0.6 is 0 Å². The van der Waals surface area contributed by atoms with Crippen LogP contribution in [-0.2, 0) is 0 Å². The first-order chi connectivity index (χ1) is 12.2. The van der Waals surface area contributed by atoms with E-state index in [-0.39, 0.29) is 24.1 Å². The summed E-state index contributed by atoms with van der Waals surface area (Å²) in [5.41, 5.74) is 2.36. The van der Waals surface area contributed by atoms with E-state index < -0.39 is 0 Å². The largest absolute Gasteiger partial charge is 0.497 e. The maximum absolute atomic E-state index is 10.7. The zero-order valence-electron chi connectivity index (χ0n) is 15.1. The van der Waals surface area contributed by atoms with E-state index in [1.807, 2.05) is 24.3 Å². The minimum atomic E-state index is -0.328. The normalized spacial score (nSPS) is 26.2. The van der Waals surface area contributed by atoms with Crippen molar-refractivity contribution < 1.29 is 14.6 Å². The first kappa shape index (κ1) is 17.8. The maximum atomic E-state index is 10.7. The number of ether oxygens (including phenoxy) is 2. The highest BCUT2D eigenvalue weighted by molar-refractivity contribution is 5.33. The first-order valence-electron chi connectivity index (χ1n) is 8.88. The molecule has 3 rings (SSSR count). The molecule has 4 nitrogen and oxygen atoms in total. The van der Waals surface area contributed by atoms with E-state index in [2.05, 4.69) is 36.5 Å². The first-order valence-corrected chi connectivity index (χ1v) is 8.88. The third-order valence-corrected chi connectivity index (χ3v) is 5.24. The fourth-order valence-corrected chi connectivity index (χ4v) is 3.78. The van der Waals surface area contributed by atoms with Crippen LogP contribution in [0.2, 0.25) is 0 Å². The smallest absolute Gasteiger partial charge is 0.118 e. The van der Waals surface area contributed by atoms with Gasteiger partial charge in [0.1, 0.15) is 11.5 Å². The topological polar surface area (TPSA) is 50.7 Å². The molecule has 1 fully saturated rings. The van der Waals surface area contributed by atoms with Gasteiger partial charge in [0.25, 0.3) is 0 Å². The Kier molecular flexibility index (Phi) is 5.61. The Bertz CT molecular complexity index is 669. The summed E-state index contributed by atoms with van der Waals surface area (Å²) in [6, 6.07) is 16.4. The van der Waals surface area contributed by atoms with Crippen molar-refractivity contribution in [1.82, 2.24) is 5.32 Å². The molecular formula is C21H27NO3. The Morgan fingerprint density at radius 1 is 0.920 bits per heavy atom. The van der Waals surface area contributed by atoms with E-state index in [1.165, 1.54) is 11.1 Å². The number of benzene rings is 2. The number of rotatable bonds is 5. The monoisotopic (exact) mass is 341 g/mol. The molecule has 2 aromatic carbocycles. The molecule has 2 N–H and O–H groups in total. The predicted molar refractivity (Wildman–Crippen MR) is 99.0 cm³/mol.